The van der Waals surface area contributed by atoms with E-state index in [1.165, 1.54) is 225 Å². The average Bonchev–Trinajstić information content (AvgIpc) is 3.23. The molecule has 0 aliphatic carbocycles. The molecule has 0 saturated heterocycles. The van der Waals surface area contributed by atoms with Gasteiger partial charge in [0.1, 0.15) is 0 Å². The van der Waals surface area contributed by atoms with Crippen molar-refractivity contribution in [2.45, 2.75) is 308 Å². The van der Waals surface area contributed by atoms with Crippen LogP contribution in [0.3, 0.4) is 0 Å². The van der Waals surface area contributed by atoms with Gasteiger partial charge in [-0.05, 0) is 44.9 Å². The lowest BCUT2D eigenvalue weighted by Gasteiger charge is -2.21. The van der Waals surface area contributed by atoms with E-state index in [2.05, 4.69) is 31.3 Å². The molecule has 0 spiro atoms. The molecular weight excluding hydrogens is 727 g/mol. The van der Waals surface area contributed by atoms with Crippen molar-refractivity contribution in [1.29, 1.82) is 0 Å². The second-order valence-electron chi connectivity index (χ2n) is 18.5. The average molecular weight is 832 g/mol. The number of unbranched alkanes of at least 4 members (excludes halogenated alkanes) is 38. The summed E-state index contributed by atoms with van der Waals surface area (Å²) in [5, 5.41) is 33.4. The highest BCUT2D eigenvalue weighted by molar-refractivity contribution is 5.76. The van der Waals surface area contributed by atoms with Crippen LogP contribution < -0.4 is 5.32 Å². The SMILES string of the molecule is CCCCCCCCCCCCC/C=C\CCCCCCCC(O)CC(=O)NC(CO)C(O)/C=C/CCCCCCCCCCCCCCCCCCCCCCCC. The minimum absolute atomic E-state index is 0.0102. The Morgan fingerprint density at radius 2 is 0.712 bits per heavy atom. The molecule has 0 aromatic carbocycles. The topological polar surface area (TPSA) is 89.8 Å². The normalized spacial score (nSPS) is 13.5. The van der Waals surface area contributed by atoms with Crippen LogP contribution in [-0.4, -0.2) is 46.1 Å². The molecule has 0 aliphatic rings. The van der Waals surface area contributed by atoms with Gasteiger partial charge in [0, 0.05) is 0 Å². The van der Waals surface area contributed by atoms with Crippen LogP contribution in [0.2, 0.25) is 0 Å². The van der Waals surface area contributed by atoms with Crippen LogP contribution in [-0.2, 0) is 4.79 Å². The van der Waals surface area contributed by atoms with E-state index in [1.54, 1.807) is 6.08 Å². The quantitative estimate of drug-likeness (QED) is 0.0363. The molecule has 0 radical (unpaired) electrons. The molecule has 0 bridgehead atoms. The Hall–Kier alpha value is -1.17. The molecule has 0 heterocycles. The summed E-state index contributed by atoms with van der Waals surface area (Å²) in [7, 11) is 0. The number of hydrogen-bond acceptors (Lipinski definition) is 4. The summed E-state index contributed by atoms with van der Waals surface area (Å²) in [5.41, 5.74) is 0. The van der Waals surface area contributed by atoms with Crippen LogP contribution >= 0.6 is 0 Å². The molecule has 3 atom stereocenters. The number of aliphatic hydroxyl groups excluding tert-OH is 3. The molecule has 0 aromatic heterocycles. The minimum atomic E-state index is -0.930. The second-order valence-corrected chi connectivity index (χ2v) is 18.5. The van der Waals surface area contributed by atoms with E-state index >= 15 is 0 Å². The van der Waals surface area contributed by atoms with Crippen LogP contribution in [0.15, 0.2) is 24.3 Å². The first-order valence-corrected chi connectivity index (χ1v) is 26.6. The molecule has 0 aromatic rings. The molecule has 59 heavy (non-hydrogen) atoms. The summed E-state index contributed by atoms with van der Waals surface area (Å²) in [6.45, 7) is 4.24. The van der Waals surface area contributed by atoms with E-state index in [9.17, 15) is 20.1 Å². The van der Waals surface area contributed by atoms with Crippen molar-refractivity contribution >= 4 is 5.91 Å². The molecule has 5 nitrogen and oxygen atoms in total. The third kappa shape index (κ3) is 46.2. The Balaban J connectivity index is 3.59. The maximum atomic E-state index is 12.5. The fraction of sp³-hybridized carbons (Fsp3) is 0.907. The minimum Gasteiger partial charge on any atom is -0.394 e. The van der Waals surface area contributed by atoms with Gasteiger partial charge in [0.05, 0.1) is 31.3 Å². The predicted molar refractivity (Wildman–Crippen MR) is 259 cm³/mol. The number of allylic oxidation sites excluding steroid dienone is 3. The first kappa shape index (κ1) is 57.8. The van der Waals surface area contributed by atoms with Crippen molar-refractivity contribution in [2.24, 2.45) is 0 Å². The number of hydrogen-bond donors (Lipinski definition) is 4. The summed E-state index contributed by atoms with van der Waals surface area (Å²) in [6.07, 6.45) is 62.1. The van der Waals surface area contributed by atoms with E-state index in [0.717, 1.165) is 38.5 Å². The standard InChI is InChI=1S/C54H105NO4/c1-3-5-7-9-11-13-15-17-19-21-23-25-26-27-28-30-32-34-36-38-40-42-44-46-48-53(58)52(50-56)55-54(59)49-51(57)47-45-43-41-39-37-35-33-31-29-24-22-20-18-16-14-12-10-8-6-4-2/h31,33,46,48,51-53,56-58H,3-30,32,34-45,47,49-50H2,1-2H3,(H,55,59)/b33-31-,48-46+. The Morgan fingerprint density at radius 3 is 1.03 bits per heavy atom. The highest BCUT2D eigenvalue weighted by Crippen LogP contribution is 2.17. The van der Waals surface area contributed by atoms with Gasteiger partial charge in [-0.25, -0.2) is 0 Å². The maximum absolute atomic E-state index is 12.5. The van der Waals surface area contributed by atoms with Gasteiger partial charge in [-0.2, -0.15) is 0 Å². The van der Waals surface area contributed by atoms with Crippen molar-refractivity contribution in [3.63, 3.8) is 0 Å². The Bertz CT molecular complexity index is 874. The third-order valence-electron chi connectivity index (χ3n) is 12.5. The number of carbonyl (C=O) groups excluding carboxylic acids is 1. The lowest BCUT2D eigenvalue weighted by atomic mass is 10.0. The summed E-state index contributed by atoms with van der Waals surface area (Å²) in [5.74, 6) is -0.316. The van der Waals surface area contributed by atoms with Crippen molar-refractivity contribution in [3.8, 4) is 0 Å². The van der Waals surface area contributed by atoms with Gasteiger partial charge in [0.2, 0.25) is 5.91 Å². The highest BCUT2D eigenvalue weighted by Gasteiger charge is 2.20. The largest absolute Gasteiger partial charge is 0.394 e. The monoisotopic (exact) mass is 832 g/mol. The third-order valence-corrected chi connectivity index (χ3v) is 12.5. The number of rotatable bonds is 49. The molecule has 0 fully saturated rings. The van der Waals surface area contributed by atoms with Crippen LogP contribution in [0, 0.1) is 0 Å². The van der Waals surface area contributed by atoms with Crippen molar-refractivity contribution in [3.05, 3.63) is 24.3 Å². The first-order chi connectivity index (χ1) is 29.0. The summed E-state index contributed by atoms with van der Waals surface area (Å²) in [6, 6.07) is -0.746. The van der Waals surface area contributed by atoms with Crippen molar-refractivity contribution < 1.29 is 20.1 Å². The zero-order chi connectivity index (χ0) is 43.0. The zero-order valence-electron chi connectivity index (χ0n) is 39.9. The smallest absolute Gasteiger partial charge is 0.222 e. The van der Waals surface area contributed by atoms with Gasteiger partial charge in [-0.15, -0.1) is 0 Å². The number of nitrogens with one attached hydrogen (secondary N) is 1. The molecule has 4 N–H and O–H groups in total. The molecule has 350 valence electrons. The molecule has 5 heteroatoms. The Morgan fingerprint density at radius 1 is 0.424 bits per heavy atom. The van der Waals surface area contributed by atoms with E-state index in [-0.39, 0.29) is 18.9 Å². The van der Waals surface area contributed by atoms with Crippen molar-refractivity contribution in [1.82, 2.24) is 5.32 Å². The number of carbonyl (C=O) groups is 1. The lowest BCUT2D eigenvalue weighted by Crippen LogP contribution is -2.45. The molecular formula is C54H105NO4. The summed E-state index contributed by atoms with van der Waals surface area (Å²) in [4.78, 5) is 12.5. The summed E-state index contributed by atoms with van der Waals surface area (Å²) >= 11 is 0. The van der Waals surface area contributed by atoms with Crippen molar-refractivity contribution in [2.75, 3.05) is 6.61 Å². The first-order valence-electron chi connectivity index (χ1n) is 26.6. The number of aliphatic hydroxyl groups is 3. The maximum Gasteiger partial charge on any atom is 0.222 e. The fourth-order valence-corrected chi connectivity index (χ4v) is 8.40. The second kappa shape index (κ2) is 49.5. The molecule has 0 saturated carbocycles. The summed E-state index contributed by atoms with van der Waals surface area (Å²) < 4.78 is 0. The molecule has 0 aliphatic heterocycles. The molecule has 3 unspecified atom stereocenters. The van der Waals surface area contributed by atoms with Crippen LogP contribution in [0.4, 0.5) is 0 Å². The van der Waals surface area contributed by atoms with Crippen LogP contribution in [0.5, 0.6) is 0 Å². The van der Waals surface area contributed by atoms with E-state index in [0.29, 0.717) is 6.42 Å². The van der Waals surface area contributed by atoms with Crippen LogP contribution in [0.25, 0.3) is 0 Å². The molecule has 0 rings (SSSR count). The van der Waals surface area contributed by atoms with Gasteiger partial charge < -0.3 is 20.6 Å². The Labute approximate surface area is 369 Å². The number of amides is 1. The van der Waals surface area contributed by atoms with E-state index < -0.39 is 18.2 Å². The predicted octanol–water partition coefficient (Wildman–Crippen LogP) is 16.1. The highest BCUT2D eigenvalue weighted by atomic mass is 16.3. The van der Waals surface area contributed by atoms with Gasteiger partial charge in [0.25, 0.3) is 0 Å². The van der Waals surface area contributed by atoms with Gasteiger partial charge in [0.15, 0.2) is 0 Å². The van der Waals surface area contributed by atoms with Gasteiger partial charge in [-0.1, -0.05) is 263 Å². The van der Waals surface area contributed by atoms with Gasteiger partial charge >= 0.3 is 0 Å². The fourth-order valence-electron chi connectivity index (χ4n) is 8.40. The zero-order valence-corrected chi connectivity index (χ0v) is 39.9. The Kier molecular flexibility index (Phi) is 48.5. The van der Waals surface area contributed by atoms with E-state index in [4.69, 9.17) is 0 Å². The molecule has 1 amide bonds. The lowest BCUT2D eigenvalue weighted by molar-refractivity contribution is -0.124. The van der Waals surface area contributed by atoms with E-state index in [1.807, 2.05) is 6.08 Å². The van der Waals surface area contributed by atoms with Gasteiger partial charge in [-0.3, -0.25) is 4.79 Å². The van der Waals surface area contributed by atoms with Crippen LogP contribution in [0.1, 0.15) is 290 Å².